The molecule has 0 saturated carbocycles. The number of rotatable bonds is 4. The number of hydrogen-bond acceptors (Lipinski definition) is 3. The predicted octanol–water partition coefficient (Wildman–Crippen LogP) is 2.07. The normalized spacial score (nSPS) is 13.9. The predicted molar refractivity (Wildman–Crippen MR) is 74.2 cm³/mol. The van der Waals surface area contributed by atoms with Gasteiger partial charge in [-0.2, -0.15) is 18.4 Å². The molecule has 1 amide bonds. The molecule has 0 radical (unpaired) electrons. The molecule has 1 aromatic carbocycles. The number of nitriles is 1. The Morgan fingerprint density at radius 1 is 1.30 bits per heavy atom. The van der Waals surface area contributed by atoms with Crippen molar-refractivity contribution in [1.29, 1.82) is 5.26 Å². The van der Waals surface area contributed by atoms with E-state index in [2.05, 4.69) is 4.98 Å². The van der Waals surface area contributed by atoms with E-state index < -0.39 is 24.2 Å². The van der Waals surface area contributed by atoms with Crippen LogP contribution < -0.4 is 5.32 Å². The fourth-order valence-electron chi connectivity index (χ4n) is 1.97. The molecule has 0 saturated heterocycles. The summed E-state index contributed by atoms with van der Waals surface area (Å²) in [6.45, 7) is -1.06. The third-order valence-corrected chi connectivity index (χ3v) is 3.28. The van der Waals surface area contributed by atoms with E-state index in [9.17, 15) is 23.1 Å². The second-order valence-corrected chi connectivity index (χ2v) is 4.82. The molecule has 1 atom stereocenters. The lowest BCUT2D eigenvalue weighted by molar-refractivity contribution is -0.263. The summed E-state index contributed by atoms with van der Waals surface area (Å²) in [5, 5.41) is 20.8. The van der Waals surface area contributed by atoms with E-state index in [0.717, 1.165) is 12.1 Å². The highest BCUT2D eigenvalue weighted by molar-refractivity contribution is 5.92. The quantitative estimate of drug-likeness (QED) is 0.805. The molecule has 5 nitrogen and oxygen atoms in total. The first-order chi connectivity index (χ1) is 10.8. The van der Waals surface area contributed by atoms with Crippen LogP contribution >= 0.6 is 0 Å². The number of halogens is 3. The number of aromatic nitrogens is 1. The van der Waals surface area contributed by atoms with E-state index in [1.807, 2.05) is 5.32 Å². The maximum absolute atomic E-state index is 13.2. The van der Waals surface area contributed by atoms with Crippen LogP contribution in [0.1, 0.15) is 21.6 Å². The number of amides is 1. The van der Waals surface area contributed by atoms with Gasteiger partial charge in [0.2, 0.25) is 5.60 Å². The number of nitrogens with one attached hydrogen (secondary N) is 2. The molecule has 0 unspecified atom stereocenters. The molecule has 3 N–H and O–H groups in total. The lowest BCUT2D eigenvalue weighted by Gasteiger charge is -2.31. The molecule has 0 aliphatic heterocycles. The maximum Gasteiger partial charge on any atom is 0.423 e. The number of aromatic amines is 1. The minimum atomic E-state index is -4.98. The van der Waals surface area contributed by atoms with Crippen LogP contribution in [0.25, 0.3) is 0 Å². The summed E-state index contributed by atoms with van der Waals surface area (Å²) in [7, 11) is 0. The minimum absolute atomic E-state index is 0.0702. The summed E-state index contributed by atoms with van der Waals surface area (Å²) < 4.78 is 39.7. The molecule has 1 aromatic heterocycles. The van der Waals surface area contributed by atoms with Crippen molar-refractivity contribution in [3.05, 3.63) is 59.4 Å². The molecule has 0 aliphatic rings. The van der Waals surface area contributed by atoms with Crippen molar-refractivity contribution in [1.82, 2.24) is 10.3 Å². The molecule has 2 aromatic rings. The van der Waals surface area contributed by atoms with Gasteiger partial charge in [0.25, 0.3) is 5.91 Å². The van der Waals surface area contributed by atoms with Gasteiger partial charge in [-0.25, -0.2) is 0 Å². The molecule has 0 aliphatic carbocycles. The Balaban J connectivity index is 2.20. The van der Waals surface area contributed by atoms with E-state index in [-0.39, 0.29) is 16.8 Å². The third-order valence-electron chi connectivity index (χ3n) is 3.28. The highest BCUT2D eigenvalue weighted by Gasteiger charge is 2.55. The lowest BCUT2D eigenvalue weighted by Crippen LogP contribution is -2.51. The topological polar surface area (TPSA) is 88.9 Å². The van der Waals surface area contributed by atoms with Gasteiger partial charge >= 0.3 is 6.18 Å². The van der Waals surface area contributed by atoms with Gasteiger partial charge in [0.1, 0.15) is 11.8 Å². The average molecular weight is 323 g/mol. The van der Waals surface area contributed by atoms with E-state index in [0.29, 0.717) is 0 Å². The van der Waals surface area contributed by atoms with Crippen LogP contribution in [0.15, 0.2) is 42.6 Å². The summed E-state index contributed by atoms with van der Waals surface area (Å²) >= 11 is 0. The summed E-state index contributed by atoms with van der Waals surface area (Å²) in [4.78, 5) is 14.3. The van der Waals surface area contributed by atoms with Crippen molar-refractivity contribution in [3.63, 3.8) is 0 Å². The molecule has 8 heteroatoms. The summed E-state index contributed by atoms with van der Waals surface area (Å²) in [5.41, 5.74) is -3.49. The summed E-state index contributed by atoms with van der Waals surface area (Å²) in [5.74, 6) is -0.856. The summed E-state index contributed by atoms with van der Waals surface area (Å²) in [6, 6.07) is 9.47. The minimum Gasteiger partial charge on any atom is -0.375 e. The fraction of sp³-hybridized carbons (Fsp3) is 0.200. The number of aliphatic hydroxyl groups is 1. The zero-order chi connectivity index (χ0) is 17.1. The van der Waals surface area contributed by atoms with E-state index >= 15 is 0 Å². The van der Waals surface area contributed by atoms with Crippen molar-refractivity contribution >= 4 is 5.91 Å². The average Bonchev–Trinajstić information content (AvgIpc) is 3.01. The second kappa shape index (κ2) is 6.14. The third kappa shape index (κ3) is 3.35. The van der Waals surface area contributed by atoms with Gasteiger partial charge in [-0.3, -0.25) is 4.79 Å². The van der Waals surface area contributed by atoms with E-state index in [4.69, 9.17) is 5.26 Å². The number of hydrogen-bond donors (Lipinski definition) is 3. The van der Waals surface area contributed by atoms with Crippen molar-refractivity contribution in [2.24, 2.45) is 0 Å². The Morgan fingerprint density at radius 2 is 1.96 bits per heavy atom. The number of alkyl halides is 3. The molecule has 120 valence electrons. The van der Waals surface area contributed by atoms with Gasteiger partial charge in [-0.1, -0.05) is 30.3 Å². The number of carbonyl (C=O) groups excluding carboxylic acids is 1. The van der Waals surface area contributed by atoms with Crippen LogP contribution in [-0.2, 0) is 5.60 Å². The smallest absolute Gasteiger partial charge is 0.375 e. The van der Waals surface area contributed by atoms with Crippen LogP contribution in [0.2, 0.25) is 0 Å². The Hall–Kier alpha value is -2.79. The molecule has 0 bridgehead atoms. The van der Waals surface area contributed by atoms with Gasteiger partial charge in [0.15, 0.2) is 0 Å². The van der Waals surface area contributed by atoms with E-state index in [1.165, 1.54) is 30.5 Å². The molecular formula is C15H12F3N3O2. The van der Waals surface area contributed by atoms with Gasteiger partial charge in [-0.15, -0.1) is 0 Å². The SMILES string of the molecule is N#Cc1c[nH]c(C(=O)NC[C@](O)(c2ccccc2)C(F)(F)F)c1. The first-order valence-corrected chi connectivity index (χ1v) is 6.49. The molecule has 0 spiro atoms. The number of carbonyl (C=O) groups is 1. The standard InChI is InChI=1S/C15H12F3N3O2/c16-15(17,18)14(23,11-4-2-1-3-5-11)9-21-13(22)12-6-10(7-19)8-20-12/h1-6,8,20,23H,9H2,(H,21,22)/t14-/m0/s1. The molecule has 2 rings (SSSR count). The van der Waals surface area contributed by atoms with Crippen molar-refractivity contribution in [3.8, 4) is 6.07 Å². The van der Waals surface area contributed by atoms with Crippen molar-refractivity contribution < 1.29 is 23.1 Å². The fourth-order valence-corrected chi connectivity index (χ4v) is 1.97. The molecule has 23 heavy (non-hydrogen) atoms. The van der Waals surface area contributed by atoms with Crippen LogP contribution in [0.5, 0.6) is 0 Å². The van der Waals surface area contributed by atoms with Crippen molar-refractivity contribution in [2.45, 2.75) is 11.8 Å². The zero-order valence-electron chi connectivity index (χ0n) is 11.7. The van der Waals surface area contributed by atoms with Crippen LogP contribution in [-0.4, -0.2) is 28.7 Å². The largest absolute Gasteiger partial charge is 0.423 e. The van der Waals surface area contributed by atoms with Gasteiger partial charge in [0.05, 0.1) is 12.1 Å². The molecular weight excluding hydrogens is 311 g/mol. The Labute approximate surface area is 129 Å². The van der Waals surface area contributed by atoms with Crippen LogP contribution in [0, 0.1) is 11.3 Å². The lowest BCUT2D eigenvalue weighted by atomic mass is 9.93. The number of nitrogens with zero attached hydrogens (tertiary/aromatic N) is 1. The monoisotopic (exact) mass is 323 g/mol. The van der Waals surface area contributed by atoms with Crippen molar-refractivity contribution in [2.75, 3.05) is 6.54 Å². The molecule has 1 heterocycles. The Morgan fingerprint density at radius 3 is 2.48 bits per heavy atom. The highest BCUT2D eigenvalue weighted by Crippen LogP contribution is 2.38. The maximum atomic E-state index is 13.2. The highest BCUT2D eigenvalue weighted by atomic mass is 19.4. The Bertz CT molecular complexity index is 734. The number of benzene rings is 1. The Kier molecular flexibility index (Phi) is 4.43. The number of H-pyrrole nitrogens is 1. The van der Waals surface area contributed by atoms with E-state index in [1.54, 1.807) is 6.07 Å². The second-order valence-electron chi connectivity index (χ2n) is 4.82. The van der Waals surface area contributed by atoms with Gasteiger partial charge in [-0.05, 0) is 11.6 Å². The van der Waals surface area contributed by atoms with Crippen LogP contribution in [0.4, 0.5) is 13.2 Å². The summed E-state index contributed by atoms with van der Waals surface area (Å²) in [6.07, 6.45) is -3.72. The zero-order valence-corrected chi connectivity index (χ0v) is 11.7. The first-order valence-electron chi connectivity index (χ1n) is 6.49. The van der Waals surface area contributed by atoms with Gasteiger partial charge < -0.3 is 15.4 Å². The van der Waals surface area contributed by atoms with Crippen LogP contribution in [0.3, 0.4) is 0 Å². The molecule has 0 fully saturated rings. The first kappa shape index (κ1) is 16.6. The van der Waals surface area contributed by atoms with Gasteiger partial charge in [0, 0.05) is 6.20 Å².